The number of benzene rings is 2. The van der Waals surface area contributed by atoms with Crippen molar-refractivity contribution < 1.29 is 14.3 Å². The van der Waals surface area contributed by atoms with Crippen molar-refractivity contribution in [1.82, 2.24) is 4.98 Å². The van der Waals surface area contributed by atoms with E-state index in [0.29, 0.717) is 22.6 Å². The number of carbonyl (C=O) groups excluding carboxylic acids is 2. The lowest BCUT2D eigenvalue weighted by molar-refractivity contribution is 0.0600. The number of methoxy groups -OCH3 is 1. The quantitative estimate of drug-likeness (QED) is 0.613. The van der Waals surface area contributed by atoms with E-state index in [1.165, 1.54) is 18.9 Å². The van der Waals surface area contributed by atoms with Crippen LogP contribution in [0.5, 0.6) is 0 Å². The molecule has 0 atom stereocenters. The molecule has 0 aliphatic rings. The first-order valence-electron chi connectivity index (χ1n) is 9.18. The number of anilines is 3. The molecule has 3 rings (SSSR count). The molecule has 2 aromatic carbocycles. The van der Waals surface area contributed by atoms with Gasteiger partial charge in [0.1, 0.15) is 5.82 Å². The van der Waals surface area contributed by atoms with Crippen LogP contribution in [0.25, 0.3) is 0 Å². The van der Waals surface area contributed by atoms with Crippen LogP contribution >= 0.6 is 0 Å². The Morgan fingerprint density at radius 3 is 2.28 bits per heavy atom. The summed E-state index contributed by atoms with van der Waals surface area (Å²) in [5, 5.41) is 6.08. The zero-order valence-electron chi connectivity index (χ0n) is 16.9. The summed E-state index contributed by atoms with van der Waals surface area (Å²) >= 11 is 0. The Kier molecular flexibility index (Phi) is 5.93. The normalized spacial score (nSPS) is 10.3. The van der Waals surface area contributed by atoms with E-state index >= 15 is 0 Å². The van der Waals surface area contributed by atoms with Crippen molar-refractivity contribution in [2.45, 2.75) is 20.8 Å². The van der Waals surface area contributed by atoms with E-state index in [1.54, 1.807) is 36.4 Å². The topological polar surface area (TPSA) is 80.3 Å². The smallest absolute Gasteiger partial charge is 0.337 e. The van der Waals surface area contributed by atoms with Crippen LogP contribution in [0.2, 0.25) is 0 Å². The van der Waals surface area contributed by atoms with E-state index in [0.717, 1.165) is 16.8 Å². The first kappa shape index (κ1) is 20.1. The number of ether oxygens (including phenoxy) is 1. The van der Waals surface area contributed by atoms with Crippen LogP contribution in [-0.4, -0.2) is 24.0 Å². The lowest BCUT2D eigenvalue weighted by Crippen LogP contribution is -2.13. The number of carbonyl (C=O) groups is 2. The number of pyridine rings is 1. The Labute approximate surface area is 169 Å². The van der Waals surface area contributed by atoms with E-state index in [9.17, 15) is 9.59 Å². The van der Waals surface area contributed by atoms with Crippen molar-refractivity contribution >= 4 is 29.1 Å². The highest BCUT2D eigenvalue weighted by molar-refractivity contribution is 6.04. The van der Waals surface area contributed by atoms with Gasteiger partial charge < -0.3 is 15.4 Å². The number of aromatic nitrogens is 1. The van der Waals surface area contributed by atoms with Crippen molar-refractivity contribution in [1.29, 1.82) is 0 Å². The Morgan fingerprint density at radius 1 is 0.931 bits per heavy atom. The van der Waals surface area contributed by atoms with E-state index in [4.69, 9.17) is 4.74 Å². The number of aryl methyl sites for hydroxylation is 3. The number of hydrogen-bond acceptors (Lipinski definition) is 5. The molecule has 1 amide bonds. The average Bonchev–Trinajstić information content (AvgIpc) is 2.70. The zero-order chi connectivity index (χ0) is 21.0. The Hall–Kier alpha value is -3.67. The highest BCUT2D eigenvalue weighted by Gasteiger charge is 2.11. The molecular weight excluding hydrogens is 366 g/mol. The number of nitrogens with one attached hydrogen (secondary N) is 2. The molecule has 29 heavy (non-hydrogen) atoms. The lowest BCUT2D eigenvalue weighted by atomic mass is 10.1. The fourth-order valence-electron chi connectivity index (χ4n) is 3.15. The maximum Gasteiger partial charge on any atom is 0.337 e. The summed E-state index contributed by atoms with van der Waals surface area (Å²) < 4.78 is 4.70. The summed E-state index contributed by atoms with van der Waals surface area (Å²) in [6, 6.07) is 14.3. The predicted octanol–water partition coefficient (Wildman–Crippen LogP) is 4.79. The van der Waals surface area contributed by atoms with Crippen LogP contribution in [0.4, 0.5) is 17.2 Å². The molecule has 1 heterocycles. The molecule has 2 N–H and O–H groups in total. The molecule has 0 aliphatic heterocycles. The lowest BCUT2D eigenvalue weighted by Gasteiger charge is -2.13. The average molecular weight is 389 g/mol. The molecule has 1 aromatic heterocycles. The molecule has 0 bridgehead atoms. The van der Waals surface area contributed by atoms with Crippen LogP contribution in [-0.2, 0) is 4.74 Å². The van der Waals surface area contributed by atoms with E-state index < -0.39 is 5.97 Å². The van der Waals surface area contributed by atoms with Crippen LogP contribution in [0.1, 0.15) is 37.4 Å². The fraction of sp³-hybridized carbons (Fsp3) is 0.174. The third-order valence-corrected chi connectivity index (χ3v) is 4.50. The fourth-order valence-corrected chi connectivity index (χ4v) is 3.15. The van der Waals surface area contributed by atoms with Crippen molar-refractivity contribution in [3.8, 4) is 0 Å². The molecule has 148 valence electrons. The monoisotopic (exact) mass is 389 g/mol. The van der Waals surface area contributed by atoms with Crippen LogP contribution in [0.15, 0.2) is 54.7 Å². The van der Waals surface area contributed by atoms with Crippen molar-refractivity contribution in [2.75, 3.05) is 17.7 Å². The largest absolute Gasteiger partial charge is 0.465 e. The number of esters is 1. The van der Waals surface area contributed by atoms with E-state index in [-0.39, 0.29) is 5.91 Å². The van der Waals surface area contributed by atoms with Crippen LogP contribution < -0.4 is 10.6 Å². The molecule has 6 heteroatoms. The molecule has 0 aliphatic carbocycles. The van der Waals surface area contributed by atoms with Crippen LogP contribution in [0.3, 0.4) is 0 Å². The third kappa shape index (κ3) is 4.79. The maximum absolute atomic E-state index is 12.5. The summed E-state index contributed by atoms with van der Waals surface area (Å²) in [6.07, 6.45) is 1.51. The minimum Gasteiger partial charge on any atom is -0.465 e. The molecule has 0 saturated carbocycles. The minimum atomic E-state index is -0.458. The summed E-state index contributed by atoms with van der Waals surface area (Å²) in [6.45, 7) is 6.16. The maximum atomic E-state index is 12.5. The molecule has 3 aromatic rings. The summed E-state index contributed by atoms with van der Waals surface area (Å²) in [5.74, 6) is -0.113. The number of nitrogens with zero attached hydrogens (tertiary/aromatic N) is 1. The van der Waals surface area contributed by atoms with E-state index in [1.807, 2.05) is 13.8 Å². The molecular formula is C23H23N3O3. The van der Waals surface area contributed by atoms with Gasteiger partial charge >= 0.3 is 5.97 Å². The third-order valence-electron chi connectivity index (χ3n) is 4.50. The molecule has 6 nitrogen and oxygen atoms in total. The van der Waals surface area contributed by atoms with Crippen molar-refractivity contribution in [2.24, 2.45) is 0 Å². The Bertz CT molecular complexity index is 1040. The van der Waals surface area contributed by atoms with Gasteiger partial charge in [0.2, 0.25) is 0 Å². The zero-order valence-corrected chi connectivity index (χ0v) is 16.9. The highest BCUT2D eigenvalue weighted by Crippen LogP contribution is 2.25. The van der Waals surface area contributed by atoms with Crippen molar-refractivity contribution in [3.05, 3.63) is 82.5 Å². The first-order valence-corrected chi connectivity index (χ1v) is 9.18. The second-order valence-corrected chi connectivity index (χ2v) is 6.86. The van der Waals surface area contributed by atoms with E-state index in [2.05, 4.69) is 34.7 Å². The van der Waals surface area contributed by atoms with Gasteiger partial charge in [-0.1, -0.05) is 23.8 Å². The first-order chi connectivity index (χ1) is 13.9. The van der Waals surface area contributed by atoms with Crippen LogP contribution in [0, 0.1) is 20.8 Å². The van der Waals surface area contributed by atoms with Gasteiger partial charge in [-0.15, -0.1) is 0 Å². The van der Waals surface area contributed by atoms with Gasteiger partial charge in [0.25, 0.3) is 5.91 Å². The second kappa shape index (κ2) is 8.56. The van der Waals surface area contributed by atoms with Gasteiger partial charge in [-0.25, -0.2) is 9.78 Å². The second-order valence-electron chi connectivity index (χ2n) is 6.86. The van der Waals surface area contributed by atoms with Gasteiger partial charge in [0, 0.05) is 17.6 Å². The Balaban J connectivity index is 1.72. The molecule has 0 fully saturated rings. The molecule has 0 unspecified atom stereocenters. The van der Waals surface area contributed by atoms with Crippen molar-refractivity contribution in [3.63, 3.8) is 0 Å². The standard InChI is InChI=1S/C23H23N3O3/c1-14-10-15(2)21(16(3)11-14)26-20-9-8-18(13-24-20)22(27)25-19-7-5-6-17(12-19)23(28)29-4/h5-13H,1-4H3,(H,24,26)(H,25,27). The Morgan fingerprint density at radius 2 is 1.66 bits per heavy atom. The molecule has 0 radical (unpaired) electrons. The van der Waals surface area contributed by atoms with Gasteiger partial charge in [-0.05, 0) is 62.2 Å². The molecule has 0 spiro atoms. The van der Waals surface area contributed by atoms with Gasteiger partial charge in [-0.3, -0.25) is 4.79 Å². The predicted molar refractivity (Wildman–Crippen MR) is 114 cm³/mol. The van der Waals surface area contributed by atoms with Gasteiger partial charge in [0.15, 0.2) is 0 Å². The summed E-state index contributed by atoms with van der Waals surface area (Å²) in [4.78, 5) is 28.5. The highest BCUT2D eigenvalue weighted by atomic mass is 16.5. The minimum absolute atomic E-state index is 0.311. The van der Waals surface area contributed by atoms with Gasteiger partial charge in [-0.2, -0.15) is 0 Å². The SMILES string of the molecule is COC(=O)c1cccc(NC(=O)c2ccc(Nc3c(C)cc(C)cc3C)nc2)c1. The number of rotatable bonds is 5. The summed E-state index contributed by atoms with van der Waals surface area (Å²) in [5.41, 5.74) is 5.78. The molecule has 0 saturated heterocycles. The van der Waals surface area contributed by atoms with Gasteiger partial charge in [0.05, 0.1) is 18.2 Å². The summed E-state index contributed by atoms with van der Waals surface area (Å²) in [7, 11) is 1.31. The number of hydrogen-bond donors (Lipinski definition) is 2. The number of amides is 1.